The quantitative estimate of drug-likeness (QED) is 0.664. The van der Waals surface area contributed by atoms with E-state index in [4.69, 9.17) is 0 Å². The van der Waals surface area contributed by atoms with Gasteiger partial charge in [-0.3, -0.25) is 14.9 Å². The van der Waals surface area contributed by atoms with Gasteiger partial charge in [0.05, 0.1) is 4.92 Å². The van der Waals surface area contributed by atoms with E-state index in [0.717, 1.165) is 12.0 Å². The molecule has 0 aromatic carbocycles. The lowest BCUT2D eigenvalue weighted by molar-refractivity contribution is -0.384. The highest BCUT2D eigenvalue weighted by molar-refractivity contribution is 5.87. The van der Waals surface area contributed by atoms with Crippen LogP contribution in [0.1, 0.15) is 25.3 Å². The zero-order chi connectivity index (χ0) is 14.7. The molecule has 1 atom stereocenters. The van der Waals surface area contributed by atoms with E-state index in [0.29, 0.717) is 19.5 Å². The number of carbonyl (C=O) groups is 1. The van der Waals surface area contributed by atoms with Crippen molar-refractivity contribution in [2.75, 3.05) is 18.0 Å². The first-order valence-corrected chi connectivity index (χ1v) is 6.70. The third-order valence-corrected chi connectivity index (χ3v) is 3.35. The summed E-state index contributed by atoms with van der Waals surface area (Å²) in [6.45, 7) is 4.76. The van der Waals surface area contributed by atoms with Crippen molar-refractivity contribution >= 4 is 17.4 Å². The molecular formula is C13H18N4O3. The van der Waals surface area contributed by atoms with Crippen LogP contribution in [0.5, 0.6) is 0 Å². The van der Waals surface area contributed by atoms with Gasteiger partial charge < -0.3 is 10.2 Å². The van der Waals surface area contributed by atoms with Crippen LogP contribution in [-0.2, 0) is 4.79 Å². The highest BCUT2D eigenvalue weighted by Crippen LogP contribution is 2.29. The Balaban J connectivity index is 2.42. The summed E-state index contributed by atoms with van der Waals surface area (Å²) >= 11 is 0. The second-order valence-corrected chi connectivity index (χ2v) is 4.90. The van der Waals surface area contributed by atoms with Crippen molar-refractivity contribution in [2.24, 2.45) is 0 Å². The first-order chi connectivity index (χ1) is 9.54. The number of piperazine rings is 1. The Kier molecular flexibility index (Phi) is 4.16. The summed E-state index contributed by atoms with van der Waals surface area (Å²) in [5.41, 5.74) is 0.690. The highest BCUT2D eigenvalue weighted by Gasteiger charge is 2.33. The van der Waals surface area contributed by atoms with Gasteiger partial charge in [-0.15, -0.1) is 0 Å². The van der Waals surface area contributed by atoms with Crippen LogP contribution in [0.4, 0.5) is 11.5 Å². The minimum atomic E-state index is -0.440. The maximum Gasteiger partial charge on any atom is 0.311 e. The number of nitrogens with zero attached hydrogens (tertiary/aromatic N) is 3. The second kappa shape index (κ2) is 5.85. The zero-order valence-corrected chi connectivity index (χ0v) is 11.6. The number of hydrogen-bond acceptors (Lipinski definition) is 5. The topological polar surface area (TPSA) is 88.4 Å². The normalized spacial score (nSPS) is 18.8. The maximum absolute atomic E-state index is 12.0. The van der Waals surface area contributed by atoms with E-state index >= 15 is 0 Å². The first-order valence-electron chi connectivity index (χ1n) is 6.70. The summed E-state index contributed by atoms with van der Waals surface area (Å²) in [5.74, 6) is 0.198. The number of nitro groups is 1. The lowest BCUT2D eigenvalue weighted by Crippen LogP contribution is -2.55. The van der Waals surface area contributed by atoms with Crippen LogP contribution in [0.3, 0.4) is 0 Å². The van der Waals surface area contributed by atoms with Gasteiger partial charge in [0, 0.05) is 25.4 Å². The number of rotatable bonds is 4. The van der Waals surface area contributed by atoms with Gasteiger partial charge in [-0.05, 0) is 18.9 Å². The zero-order valence-electron chi connectivity index (χ0n) is 11.6. The Morgan fingerprint density at radius 2 is 2.35 bits per heavy atom. The Morgan fingerprint density at radius 3 is 3.00 bits per heavy atom. The first kappa shape index (κ1) is 14.2. The fourth-order valence-electron chi connectivity index (χ4n) is 2.43. The molecule has 1 amide bonds. The average molecular weight is 278 g/mol. The SMILES string of the molecule is CCCC1C(=O)NCCN1c1ncc(C)cc1[N+](=O)[O-]. The van der Waals surface area contributed by atoms with Crippen molar-refractivity contribution in [3.8, 4) is 0 Å². The van der Waals surface area contributed by atoms with Gasteiger partial charge in [0.1, 0.15) is 6.04 Å². The molecule has 7 nitrogen and oxygen atoms in total. The molecule has 1 saturated heterocycles. The predicted octanol–water partition coefficient (Wildman–Crippen LogP) is 1.40. The number of aryl methyl sites for hydroxylation is 1. The van der Waals surface area contributed by atoms with Crippen LogP contribution in [0.15, 0.2) is 12.3 Å². The fraction of sp³-hybridized carbons (Fsp3) is 0.538. The van der Waals surface area contributed by atoms with Crippen LogP contribution in [0.2, 0.25) is 0 Å². The third-order valence-electron chi connectivity index (χ3n) is 3.35. The number of pyridine rings is 1. The van der Waals surface area contributed by atoms with Gasteiger partial charge in [-0.2, -0.15) is 0 Å². The molecule has 1 unspecified atom stereocenters. The molecular weight excluding hydrogens is 260 g/mol. The average Bonchev–Trinajstić information content (AvgIpc) is 2.41. The van der Waals surface area contributed by atoms with Crippen molar-refractivity contribution in [2.45, 2.75) is 32.7 Å². The smallest absolute Gasteiger partial charge is 0.311 e. The van der Waals surface area contributed by atoms with Crippen LogP contribution in [0.25, 0.3) is 0 Å². The molecule has 0 radical (unpaired) electrons. The summed E-state index contributed by atoms with van der Waals surface area (Å²) in [6.07, 6.45) is 3.07. The van der Waals surface area contributed by atoms with E-state index in [2.05, 4.69) is 10.3 Å². The van der Waals surface area contributed by atoms with E-state index in [-0.39, 0.29) is 23.5 Å². The van der Waals surface area contributed by atoms with Gasteiger partial charge in [0.2, 0.25) is 11.7 Å². The fourth-order valence-corrected chi connectivity index (χ4v) is 2.43. The maximum atomic E-state index is 12.0. The van der Waals surface area contributed by atoms with Crippen molar-refractivity contribution in [3.05, 3.63) is 27.9 Å². The molecule has 7 heteroatoms. The Hall–Kier alpha value is -2.18. The molecule has 108 valence electrons. The second-order valence-electron chi connectivity index (χ2n) is 4.90. The lowest BCUT2D eigenvalue weighted by atomic mass is 10.1. The lowest BCUT2D eigenvalue weighted by Gasteiger charge is -2.35. The third kappa shape index (κ3) is 2.71. The molecule has 1 aliphatic heterocycles. The molecule has 1 fully saturated rings. The van der Waals surface area contributed by atoms with Crippen molar-refractivity contribution in [1.82, 2.24) is 10.3 Å². The van der Waals surface area contributed by atoms with Crippen LogP contribution >= 0.6 is 0 Å². The molecule has 2 heterocycles. The molecule has 1 N–H and O–H groups in total. The molecule has 0 saturated carbocycles. The molecule has 1 aromatic heterocycles. The van der Waals surface area contributed by atoms with E-state index in [1.54, 1.807) is 18.0 Å². The summed E-state index contributed by atoms with van der Waals surface area (Å²) in [6, 6.07) is 1.11. The molecule has 1 aliphatic rings. The number of amides is 1. The van der Waals surface area contributed by atoms with E-state index < -0.39 is 4.92 Å². The van der Waals surface area contributed by atoms with Gasteiger partial charge in [-0.1, -0.05) is 13.3 Å². The predicted molar refractivity (Wildman–Crippen MR) is 74.7 cm³/mol. The minimum Gasteiger partial charge on any atom is -0.353 e. The van der Waals surface area contributed by atoms with Crippen molar-refractivity contribution in [3.63, 3.8) is 0 Å². The molecule has 20 heavy (non-hydrogen) atoms. The van der Waals surface area contributed by atoms with Crippen molar-refractivity contribution in [1.29, 1.82) is 0 Å². The monoisotopic (exact) mass is 278 g/mol. The molecule has 0 spiro atoms. The van der Waals surface area contributed by atoms with Gasteiger partial charge in [0.15, 0.2) is 0 Å². The summed E-state index contributed by atoms with van der Waals surface area (Å²) < 4.78 is 0. The number of anilines is 1. The van der Waals surface area contributed by atoms with Crippen LogP contribution in [-0.4, -0.2) is 34.9 Å². The standard InChI is InChI=1S/C13H18N4O3/c1-3-4-10-13(18)14-5-6-16(10)12-11(17(19)20)7-9(2)8-15-12/h7-8,10H,3-6H2,1-2H3,(H,14,18). The van der Waals surface area contributed by atoms with E-state index in [1.807, 2.05) is 6.92 Å². The summed E-state index contributed by atoms with van der Waals surface area (Å²) in [4.78, 5) is 28.7. The van der Waals surface area contributed by atoms with Crippen molar-refractivity contribution < 1.29 is 9.72 Å². The number of nitrogens with one attached hydrogen (secondary N) is 1. The van der Waals surface area contributed by atoms with Crippen LogP contribution < -0.4 is 10.2 Å². The molecule has 1 aromatic rings. The van der Waals surface area contributed by atoms with E-state index in [1.165, 1.54) is 6.07 Å². The molecule has 0 aliphatic carbocycles. The largest absolute Gasteiger partial charge is 0.353 e. The summed E-state index contributed by atoms with van der Waals surface area (Å²) in [7, 11) is 0. The van der Waals surface area contributed by atoms with E-state index in [9.17, 15) is 14.9 Å². The molecule has 2 rings (SSSR count). The van der Waals surface area contributed by atoms with Gasteiger partial charge in [0.25, 0.3) is 0 Å². The number of aromatic nitrogens is 1. The van der Waals surface area contributed by atoms with Gasteiger partial charge in [-0.25, -0.2) is 4.98 Å². The molecule has 0 bridgehead atoms. The Morgan fingerprint density at radius 1 is 1.60 bits per heavy atom. The Labute approximate surface area is 117 Å². The van der Waals surface area contributed by atoms with Crippen LogP contribution in [0, 0.1) is 17.0 Å². The number of hydrogen-bond donors (Lipinski definition) is 1. The van der Waals surface area contributed by atoms with Gasteiger partial charge >= 0.3 is 5.69 Å². The number of carbonyl (C=O) groups excluding carboxylic acids is 1. The summed E-state index contributed by atoms with van der Waals surface area (Å²) in [5, 5.41) is 14.0. The minimum absolute atomic E-state index is 0.0409. The highest BCUT2D eigenvalue weighted by atomic mass is 16.6. The Bertz CT molecular complexity index is 532.